The molecule has 1 atom stereocenters. The Bertz CT molecular complexity index is 1340. The van der Waals surface area contributed by atoms with Gasteiger partial charge in [0.2, 0.25) is 5.91 Å². The molecule has 0 spiro atoms. The highest BCUT2D eigenvalue weighted by atomic mass is 35.5. The Labute approximate surface area is 235 Å². The molecule has 3 amide bonds. The minimum Gasteiger partial charge on any atom is -0.508 e. The highest BCUT2D eigenvalue weighted by molar-refractivity contribution is 7.09. The predicted octanol–water partition coefficient (Wildman–Crippen LogP) is 3.89. The van der Waals surface area contributed by atoms with Crippen LogP contribution in [-0.2, 0) is 16.0 Å². The molecule has 0 saturated carbocycles. The first-order valence-corrected chi connectivity index (χ1v) is 13.9. The molecule has 2 aromatic carbocycles. The van der Waals surface area contributed by atoms with Crippen LogP contribution >= 0.6 is 22.9 Å². The second-order valence-corrected chi connectivity index (χ2v) is 11.3. The second-order valence-electron chi connectivity index (χ2n) is 9.98. The lowest BCUT2D eigenvalue weighted by molar-refractivity contribution is -0.146. The Kier molecular flexibility index (Phi) is 8.76. The molecule has 0 aliphatic carbocycles. The predicted molar refractivity (Wildman–Crippen MR) is 149 cm³/mol. The molecule has 2 heterocycles. The van der Waals surface area contributed by atoms with Crippen molar-refractivity contribution in [2.45, 2.75) is 50.7 Å². The summed E-state index contributed by atoms with van der Waals surface area (Å²) in [4.78, 5) is 44.3. The molecule has 0 radical (unpaired) electrons. The molecule has 1 unspecified atom stereocenters. The summed E-state index contributed by atoms with van der Waals surface area (Å²) in [6.45, 7) is 4.54. The number of hydrogen-bond donors (Lipinski definition) is 3. The van der Waals surface area contributed by atoms with Gasteiger partial charge in [-0.15, -0.1) is 11.3 Å². The van der Waals surface area contributed by atoms with Crippen LogP contribution in [0.3, 0.4) is 0 Å². The average Bonchev–Trinajstić information content (AvgIpc) is 3.41. The van der Waals surface area contributed by atoms with Gasteiger partial charge in [0, 0.05) is 30.8 Å². The number of carbonyl (C=O) groups excluding carboxylic acids is 3. The first-order chi connectivity index (χ1) is 18.5. The summed E-state index contributed by atoms with van der Waals surface area (Å²) in [7, 11) is 0. The molecule has 1 aliphatic rings. The number of aromatic hydroxyl groups is 1. The number of hydrogen-bond acceptors (Lipinski definition) is 7. The number of piperidine rings is 1. The summed E-state index contributed by atoms with van der Waals surface area (Å²) >= 11 is 7.59. The van der Waals surface area contributed by atoms with Gasteiger partial charge in [-0.05, 0) is 56.5 Å². The topological polar surface area (TPSA) is 135 Å². The summed E-state index contributed by atoms with van der Waals surface area (Å²) in [6.07, 6.45) is 1.60. The Morgan fingerprint density at radius 3 is 2.49 bits per heavy atom. The van der Waals surface area contributed by atoms with Crippen LogP contribution in [0.5, 0.6) is 11.5 Å². The molecule has 1 aliphatic heterocycles. The lowest BCUT2D eigenvalue weighted by atomic mass is 9.96. The van der Waals surface area contributed by atoms with Crippen LogP contribution in [0.15, 0.2) is 53.9 Å². The number of benzene rings is 2. The number of halogens is 1. The molecule has 1 aromatic heterocycles. The summed E-state index contributed by atoms with van der Waals surface area (Å²) < 4.78 is 5.96. The van der Waals surface area contributed by atoms with Gasteiger partial charge < -0.3 is 25.8 Å². The average molecular weight is 571 g/mol. The summed E-state index contributed by atoms with van der Waals surface area (Å²) in [5.41, 5.74) is 5.40. The van der Waals surface area contributed by atoms with Crippen molar-refractivity contribution >= 4 is 40.7 Å². The number of phenolic OH excluding ortho intramolecular Hbond substituents is 1. The number of primary amides is 1. The third kappa shape index (κ3) is 7.07. The maximum Gasteiger partial charge on any atom is 0.271 e. The highest BCUT2D eigenvalue weighted by Crippen LogP contribution is 2.33. The quantitative estimate of drug-likeness (QED) is 0.357. The monoisotopic (exact) mass is 570 g/mol. The first-order valence-electron chi connectivity index (χ1n) is 12.6. The number of ether oxygens (including phenoxy) is 1. The number of nitrogens with zero attached hydrogens (tertiary/aromatic N) is 2. The van der Waals surface area contributed by atoms with Crippen molar-refractivity contribution in [3.63, 3.8) is 0 Å². The number of aromatic nitrogens is 1. The molecule has 4 rings (SSSR count). The maximum atomic E-state index is 13.2. The van der Waals surface area contributed by atoms with E-state index in [1.807, 2.05) is 0 Å². The molecule has 3 aromatic rings. The number of carbonyl (C=O) groups is 3. The second kappa shape index (κ2) is 12.0. The molecule has 206 valence electrons. The van der Waals surface area contributed by atoms with Crippen LogP contribution in [-0.4, -0.2) is 57.4 Å². The Hall–Kier alpha value is -3.63. The molecule has 0 bridgehead atoms. The SMILES string of the molecule is CC(C)(Oc1ccccc1Cl)C(=O)N1CCC(c2nc(C(=O)NC(Cc3ccc(O)cc3)C(N)=O)cs2)CC1. The Morgan fingerprint density at radius 2 is 1.85 bits per heavy atom. The van der Waals surface area contributed by atoms with Crippen molar-refractivity contribution in [2.75, 3.05) is 13.1 Å². The van der Waals surface area contributed by atoms with Gasteiger partial charge >= 0.3 is 0 Å². The smallest absolute Gasteiger partial charge is 0.271 e. The van der Waals surface area contributed by atoms with Gasteiger partial charge in [0.05, 0.1) is 10.0 Å². The van der Waals surface area contributed by atoms with E-state index in [0.29, 0.717) is 36.7 Å². The third-order valence-corrected chi connectivity index (χ3v) is 7.95. The molecule has 4 N–H and O–H groups in total. The molecule has 1 saturated heterocycles. The van der Waals surface area contributed by atoms with E-state index in [2.05, 4.69) is 10.3 Å². The zero-order valence-corrected chi connectivity index (χ0v) is 23.3. The van der Waals surface area contributed by atoms with Crippen LogP contribution in [0, 0.1) is 0 Å². The summed E-state index contributed by atoms with van der Waals surface area (Å²) in [5, 5.41) is 15.0. The number of amides is 3. The van der Waals surface area contributed by atoms with Gasteiger partial charge in [0.25, 0.3) is 11.8 Å². The van der Waals surface area contributed by atoms with E-state index in [1.54, 1.807) is 60.5 Å². The lowest BCUT2D eigenvalue weighted by Crippen LogP contribution is -2.51. The fraction of sp³-hybridized carbons (Fsp3) is 0.357. The number of likely N-dealkylation sites (tertiary alicyclic amines) is 1. The van der Waals surface area contributed by atoms with Gasteiger partial charge in [-0.3, -0.25) is 14.4 Å². The minimum absolute atomic E-state index is 0.108. The van der Waals surface area contributed by atoms with Crippen LogP contribution in [0.25, 0.3) is 0 Å². The fourth-order valence-electron chi connectivity index (χ4n) is 4.46. The number of para-hydroxylation sites is 1. The normalized spacial score (nSPS) is 15.0. The number of thiazole rings is 1. The lowest BCUT2D eigenvalue weighted by Gasteiger charge is -2.36. The van der Waals surface area contributed by atoms with Gasteiger partial charge in [-0.25, -0.2) is 4.98 Å². The van der Waals surface area contributed by atoms with E-state index in [9.17, 15) is 19.5 Å². The van der Waals surface area contributed by atoms with E-state index in [4.69, 9.17) is 22.1 Å². The van der Waals surface area contributed by atoms with Crippen LogP contribution in [0.1, 0.15) is 53.7 Å². The van der Waals surface area contributed by atoms with E-state index in [0.717, 1.165) is 10.6 Å². The Morgan fingerprint density at radius 1 is 1.18 bits per heavy atom. The van der Waals surface area contributed by atoms with E-state index in [-0.39, 0.29) is 29.7 Å². The first kappa shape index (κ1) is 28.4. The van der Waals surface area contributed by atoms with Crippen LogP contribution < -0.4 is 15.8 Å². The van der Waals surface area contributed by atoms with Gasteiger partial charge in [0.1, 0.15) is 23.2 Å². The van der Waals surface area contributed by atoms with Crippen LogP contribution in [0.2, 0.25) is 5.02 Å². The van der Waals surface area contributed by atoms with Crippen LogP contribution in [0.4, 0.5) is 0 Å². The molecular formula is C28H31ClN4O5S. The number of nitrogens with two attached hydrogens (primary N) is 1. The summed E-state index contributed by atoms with van der Waals surface area (Å²) in [6, 6.07) is 12.5. The molecule has 11 heteroatoms. The van der Waals surface area contributed by atoms with E-state index < -0.39 is 23.5 Å². The number of nitrogens with one attached hydrogen (secondary N) is 1. The zero-order valence-electron chi connectivity index (χ0n) is 21.7. The Balaban J connectivity index is 1.33. The molecule has 9 nitrogen and oxygen atoms in total. The van der Waals surface area contributed by atoms with Crippen molar-refractivity contribution in [3.05, 3.63) is 75.2 Å². The maximum absolute atomic E-state index is 13.2. The molecule has 1 fully saturated rings. The number of phenols is 1. The van der Waals surface area contributed by atoms with Crippen molar-refractivity contribution in [1.82, 2.24) is 15.2 Å². The fourth-order valence-corrected chi connectivity index (χ4v) is 5.60. The van der Waals surface area contributed by atoms with Gasteiger partial charge in [-0.1, -0.05) is 35.9 Å². The van der Waals surface area contributed by atoms with Crippen molar-refractivity contribution in [3.8, 4) is 11.5 Å². The molecule has 39 heavy (non-hydrogen) atoms. The summed E-state index contributed by atoms with van der Waals surface area (Å²) in [5.74, 6) is -0.583. The van der Waals surface area contributed by atoms with Crippen molar-refractivity contribution in [2.24, 2.45) is 5.73 Å². The zero-order chi connectivity index (χ0) is 28.2. The van der Waals surface area contributed by atoms with Gasteiger partial charge in [0.15, 0.2) is 5.60 Å². The highest BCUT2D eigenvalue weighted by Gasteiger charge is 2.37. The molecular weight excluding hydrogens is 540 g/mol. The van der Waals surface area contributed by atoms with Gasteiger partial charge in [-0.2, -0.15) is 0 Å². The van der Waals surface area contributed by atoms with E-state index >= 15 is 0 Å². The largest absolute Gasteiger partial charge is 0.508 e. The minimum atomic E-state index is -1.08. The van der Waals surface area contributed by atoms with Crippen molar-refractivity contribution < 1.29 is 24.2 Å². The standard InChI is InChI=1S/C28H31ClN4O5S/c1-28(2,38-23-6-4-3-5-20(23)29)27(37)33-13-11-18(12-14-33)26-32-22(16-39-26)25(36)31-21(24(30)35)15-17-7-9-19(34)10-8-17/h3-10,16,18,21,34H,11-15H2,1-2H3,(H2,30,35)(H,31,36). The number of rotatable bonds is 9. The van der Waals surface area contributed by atoms with Crippen molar-refractivity contribution in [1.29, 1.82) is 0 Å². The third-order valence-electron chi connectivity index (χ3n) is 6.63. The van der Waals surface area contributed by atoms with E-state index in [1.165, 1.54) is 23.5 Å².